The van der Waals surface area contributed by atoms with Gasteiger partial charge in [0.2, 0.25) is 0 Å². The first-order valence-corrected chi connectivity index (χ1v) is 3.37. The summed E-state index contributed by atoms with van der Waals surface area (Å²) >= 11 is 0. The van der Waals surface area contributed by atoms with Gasteiger partial charge in [0.25, 0.3) is 0 Å². The van der Waals surface area contributed by atoms with Crippen LogP contribution in [-0.2, 0) is 9.63 Å². The zero-order valence-corrected chi connectivity index (χ0v) is 6.08. The molecule has 0 amide bonds. The SMILES string of the molecule is NCC(=O)O[N+]1([O-])CCNC1. The van der Waals surface area contributed by atoms with E-state index in [2.05, 4.69) is 10.2 Å². The largest absolute Gasteiger partial charge is 0.588 e. The molecule has 0 spiro atoms. The summed E-state index contributed by atoms with van der Waals surface area (Å²) in [6.45, 7) is 0.696. The van der Waals surface area contributed by atoms with Gasteiger partial charge in [-0.25, -0.2) is 4.79 Å². The van der Waals surface area contributed by atoms with Gasteiger partial charge in [0.1, 0.15) is 6.54 Å². The first-order valence-electron chi connectivity index (χ1n) is 3.37. The third kappa shape index (κ3) is 2.12. The van der Waals surface area contributed by atoms with Gasteiger partial charge in [0.15, 0.2) is 6.67 Å². The van der Waals surface area contributed by atoms with E-state index >= 15 is 0 Å². The van der Waals surface area contributed by atoms with Gasteiger partial charge in [-0.1, -0.05) is 0 Å². The summed E-state index contributed by atoms with van der Waals surface area (Å²) in [6.07, 6.45) is 0. The van der Waals surface area contributed by atoms with Crippen LogP contribution in [0.5, 0.6) is 0 Å². The minimum absolute atomic E-state index is 0.117. The van der Waals surface area contributed by atoms with Gasteiger partial charge in [-0.3, -0.25) is 10.2 Å². The predicted molar refractivity (Wildman–Crippen MR) is 36.5 cm³/mol. The van der Waals surface area contributed by atoms with Crippen molar-refractivity contribution in [1.82, 2.24) is 5.32 Å². The van der Waals surface area contributed by atoms with Gasteiger partial charge in [-0.2, -0.15) is 0 Å². The molecule has 11 heavy (non-hydrogen) atoms. The molecule has 1 unspecified atom stereocenters. The molecule has 0 aromatic rings. The third-order valence-corrected chi connectivity index (χ3v) is 1.42. The van der Waals surface area contributed by atoms with E-state index in [4.69, 9.17) is 5.73 Å². The fraction of sp³-hybridized carbons (Fsp3) is 0.800. The Balaban J connectivity index is 2.39. The Kier molecular flexibility index (Phi) is 2.40. The lowest BCUT2D eigenvalue weighted by Gasteiger charge is -2.31. The van der Waals surface area contributed by atoms with E-state index in [9.17, 15) is 10.0 Å². The Hall–Kier alpha value is -0.690. The van der Waals surface area contributed by atoms with Crippen molar-refractivity contribution in [3.63, 3.8) is 0 Å². The molecule has 3 N–H and O–H groups in total. The third-order valence-electron chi connectivity index (χ3n) is 1.42. The van der Waals surface area contributed by atoms with E-state index in [1.54, 1.807) is 0 Å². The molecule has 1 saturated heterocycles. The number of nitrogens with one attached hydrogen (secondary N) is 1. The molecule has 1 aliphatic rings. The van der Waals surface area contributed by atoms with Crippen molar-refractivity contribution < 1.29 is 14.4 Å². The van der Waals surface area contributed by atoms with Crippen LogP contribution in [0.3, 0.4) is 0 Å². The van der Waals surface area contributed by atoms with Crippen LogP contribution < -0.4 is 11.1 Å². The number of quaternary nitrogens is 1. The Bertz CT molecular complexity index is 155. The zero-order chi connectivity index (χ0) is 8.32. The molecule has 1 aliphatic heterocycles. The standard InChI is InChI=1S/C5H11N3O3/c6-3-5(9)11-8(10)2-1-7-4-8/h7H,1-4,6H2. The second-order valence-electron chi connectivity index (χ2n) is 2.36. The highest BCUT2D eigenvalue weighted by molar-refractivity contribution is 5.70. The van der Waals surface area contributed by atoms with Gasteiger partial charge in [0.05, 0.1) is 13.1 Å². The number of carbonyl (C=O) groups excluding carboxylic acids is 1. The lowest BCUT2D eigenvalue weighted by Crippen LogP contribution is -2.43. The molecule has 1 atom stereocenters. The molecule has 6 heteroatoms. The van der Waals surface area contributed by atoms with Gasteiger partial charge in [0, 0.05) is 0 Å². The van der Waals surface area contributed by atoms with E-state index in [-0.39, 0.29) is 19.8 Å². The van der Waals surface area contributed by atoms with E-state index in [0.717, 1.165) is 0 Å². The number of nitrogens with two attached hydrogens (primary N) is 1. The molecule has 0 aromatic heterocycles. The van der Waals surface area contributed by atoms with Crippen molar-refractivity contribution in [3.8, 4) is 0 Å². The maximum Gasteiger partial charge on any atom is 0.380 e. The summed E-state index contributed by atoms with van der Waals surface area (Å²) in [5.74, 6) is -0.663. The van der Waals surface area contributed by atoms with E-state index < -0.39 is 10.8 Å². The highest BCUT2D eigenvalue weighted by Crippen LogP contribution is 2.07. The lowest BCUT2D eigenvalue weighted by molar-refractivity contribution is -1.04. The summed E-state index contributed by atoms with van der Waals surface area (Å²) in [6, 6.07) is 0. The van der Waals surface area contributed by atoms with Gasteiger partial charge >= 0.3 is 5.97 Å². The molecule has 0 aliphatic carbocycles. The molecule has 64 valence electrons. The first kappa shape index (κ1) is 8.41. The molecular weight excluding hydrogens is 150 g/mol. The molecule has 6 nitrogen and oxygen atoms in total. The maximum absolute atomic E-state index is 11.2. The number of hydrogen-bond donors (Lipinski definition) is 2. The predicted octanol–water partition coefficient (Wildman–Crippen LogP) is -1.72. The van der Waals surface area contributed by atoms with Crippen LogP contribution in [-0.4, -0.2) is 37.1 Å². The van der Waals surface area contributed by atoms with Crippen LogP contribution >= 0.6 is 0 Å². The van der Waals surface area contributed by atoms with E-state index in [1.165, 1.54) is 0 Å². The second kappa shape index (κ2) is 3.14. The quantitative estimate of drug-likeness (QED) is 0.371. The number of rotatable bonds is 2. The summed E-state index contributed by atoms with van der Waals surface area (Å²) in [7, 11) is 0. The van der Waals surface area contributed by atoms with Crippen molar-refractivity contribution in [2.45, 2.75) is 0 Å². The topological polar surface area (TPSA) is 87.4 Å². The maximum atomic E-state index is 11.2. The van der Waals surface area contributed by atoms with Crippen molar-refractivity contribution in [2.24, 2.45) is 5.73 Å². The molecule has 0 saturated carbocycles. The lowest BCUT2D eigenvalue weighted by atomic mass is 10.7. The fourth-order valence-electron chi connectivity index (χ4n) is 0.879. The smallest absolute Gasteiger partial charge is 0.380 e. The van der Waals surface area contributed by atoms with Crippen LogP contribution in [0.2, 0.25) is 0 Å². The number of carbonyl (C=O) groups is 1. The molecule has 0 aromatic carbocycles. The molecule has 1 heterocycles. The van der Waals surface area contributed by atoms with Gasteiger partial charge in [-0.15, -0.1) is 4.81 Å². The highest BCUT2D eigenvalue weighted by atomic mass is 16.9. The van der Waals surface area contributed by atoms with Crippen LogP contribution in [0.25, 0.3) is 0 Å². The molecular formula is C5H11N3O3. The van der Waals surface area contributed by atoms with Crippen molar-refractivity contribution >= 4 is 5.97 Å². The van der Waals surface area contributed by atoms with Crippen molar-refractivity contribution in [3.05, 3.63) is 5.21 Å². The Labute approximate surface area is 64.0 Å². The number of hydrogen-bond acceptors (Lipinski definition) is 5. The minimum Gasteiger partial charge on any atom is -0.588 e. The van der Waals surface area contributed by atoms with Gasteiger partial charge < -0.3 is 10.9 Å². The highest BCUT2D eigenvalue weighted by Gasteiger charge is 2.27. The molecule has 0 radical (unpaired) electrons. The average molecular weight is 161 g/mol. The van der Waals surface area contributed by atoms with E-state index in [1.807, 2.05) is 0 Å². The minimum atomic E-state index is -0.948. The van der Waals surface area contributed by atoms with Gasteiger partial charge in [-0.05, 0) is 0 Å². The fourth-order valence-corrected chi connectivity index (χ4v) is 0.879. The molecule has 1 rings (SSSR count). The van der Waals surface area contributed by atoms with E-state index in [0.29, 0.717) is 6.54 Å². The summed E-state index contributed by atoms with van der Waals surface area (Å²) < 4.78 is 0. The monoisotopic (exact) mass is 161 g/mol. The Morgan fingerprint density at radius 1 is 1.82 bits per heavy atom. The van der Waals surface area contributed by atoms with Crippen LogP contribution in [0, 0.1) is 5.21 Å². The Morgan fingerprint density at radius 3 is 3.00 bits per heavy atom. The van der Waals surface area contributed by atoms with Crippen molar-refractivity contribution in [1.29, 1.82) is 0 Å². The van der Waals surface area contributed by atoms with Crippen LogP contribution in [0.4, 0.5) is 0 Å². The Morgan fingerprint density at radius 2 is 2.55 bits per heavy atom. The second-order valence-corrected chi connectivity index (χ2v) is 2.36. The van der Waals surface area contributed by atoms with Crippen LogP contribution in [0.1, 0.15) is 0 Å². The first-order chi connectivity index (χ1) is 5.16. The normalized spacial score (nSPS) is 30.4. The summed E-state index contributed by atoms with van der Waals surface area (Å²) in [5, 5.41) is 14.0. The number of hydroxylamine groups is 4. The average Bonchev–Trinajstić information content (AvgIpc) is 2.36. The molecule has 1 fully saturated rings. The summed E-state index contributed by atoms with van der Waals surface area (Å²) in [5.41, 5.74) is 4.97. The molecule has 0 bridgehead atoms. The van der Waals surface area contributed by atoms with Crippen molar-refractivity contribution in [2.75, 3.05) is 26.3 Å². The number of nitrogens with zero attached hydrogens (tertiary/aromatic N) is 1. The van der Waals surface area contributed by atoms with Crippen LogP contribution in [0.15, 0.2) is 0 Å². The zero-order valence-electron chi connectivity index (χ0n) is 6.08. The summed E-state index contributed by atoms with van der Waals surface area (Å²) in [4.78, 5) is 14.1.